The van der Waals surface area contributed by atoms with Gasteiger partial charge in [0.1, 0.15) is 0 Å². The van der Waals surface area contributed by atoms with Crippen molar-refractivity contribution in [3.8, 4) is 0 Å². The van der Waals surface area contributed by atoms with Crippen molar-refractivity contribution in [3.05, 3.63) is 29.8 Å². The average Bonchev–Trinajstić information content (AvgIpc) is 2.35. The van der Waals surface area contributed by atoms with Gasteiger partial charge in [0.2, 0.25) is 0 Å². The predicted octanol–water partition coefficient (Wildman–Crippen LogP) is 3.79. The Kier molecular flexibility index (Phi) is 6.58. The molecule has 1 aromatic rings. The van der Waals surface area contributed by atoms with Crippen molar-refractivity contribution < 1.29 is 4.79 Å². The summed E-state index contributed by atoms with van der Waals surface area (Å²) >= 11 is 7.80. The van der Waals surface area contributed by atoms with E-state index in [1.54, 1.807) is 11.8 Å². The standard InChI is InChI=1S/C14H20ClNOS/c1-10(2)8-12(15)9-16-14(17)11-4-6-13(18-3)7-5-11/h4-7,10,12H,8-9H2,1-3H3,(H,16,17). The lowest BCUT2D eigenvalue weighted by Gasteiger charge is -2.13. The van der Waals surface area contributed by atoms with Gasteiger partial charge >= 0.3 is 0 Å². The van der Waals surface area contributed by atoms with Crippen molar-refractivity contribution in [2.75, 3.05) is 12.8 Å². The van der Waals surface area contributed by atoms with Gasteiger partial charge < -0.3 is 5.32 Å². The first-order valence-electron chi connectivity index (χ1n) is 6.09. The molecule has 1 N–H and O–H groups in total. The normalized spacial score (nSPS) is 12.5. The molecule has 1 amide bonds. The number of alkyl halides is 1. The van der Waals surface area contributed by atoms with Gasteiger partial charge in [-0.3, -0.25) is 4.79 Å². The lowest BCUT2D eigenvalue weighted by Crippen LogP contribution is -2.30. The molecule has 0 heterocycles. The van der Waals surface area contributed by atoms with Crippen molar-refractivity contribution >= 4 is 29.3 Å². The van der Waals surface area contributed by atoms with Gasteiger partial charge in [-0.15, -0.1) is 23.4 Å². The molecular formula is C14H20ClNOS. The molecule has 0 bridgehead atoms. The van der Waals surface area contributed by atoms with Gasteiger partial charge in [0.25, 0.3) is 5.91 Å². The van der Waals surface area contributed by atoms with Crippen molar-refractivity contribution in [1.29, 1.82) is 0 Å². The molecule has 0 radical (unpaired) electrons. The van der Waals surface area contributed by atoms with E-state index in [-0.39, 0.29) is 11.3 Å². The Morgan fingerprint density at radius 2 is 1.94 bits per heavy atom. The summed E-state index contributed by atoms with van der Waals surface area (Å²) in [4.78, 5) is 13.0. The number of thioether (sulfide) groups is 1. The third-order valence-corrected chi connectivity index (χ3v) is 3.64. The fraction of sp³-hybridized carbons (Fsp3) is 0.500. The lowest BCUT2D eigenvalue weighted by atomic mass is 10.1. The van der Waals surface area contributed by atoms with Crippen LogP contribution >= 0.6 is 23.4 Å². The van der Waals surface area contributed by atoms with E-state index in [1.165, 1.54) is 0 Å². The smallest absolute Gasteiger partial charge is 0.251 e. The Labute approximate surface area is 118 Å². The number of carbonyl (C=O) groups is 1. The maximum Gasteiger partial charge on any atom is 0.251 e. The first kappa shape index (κ1) is 15.4. The van der Waals surface area contributed by atoms with E-state index in [0.29, 0.717) is 18.0 Å². The minimum atomic E-state index is -0.0583. The van der Waals surface area contributed by atoms with Crippen LogP contribution in [0.5, 0.6) is 0 Å². The van der Waals surface area contributed by atoms with Gasteiger partial charge in [-0.05, 0) is 42.9 Å². The van der Waals surface area contributed by atoms with E-state index in [4.69, 9.17) is 11.6 Å². The molecule has 0 aromatic heterocycles. The van der Waals surface area contributed by atoms with Gasteiger partial charge in [0.15, 0.2) is 0 Å². The molecule has 0 fully saturated rings. The molecular weight excluding hydrogens is 266 g/mol. The van der Waals surface area contributed by atoms with Crippen LogP contribution < -0.4 is 5.32 Å². The summed E-state index contributed by atoms with van der Waals surface area (Å²) in [5, 5.41) is 2.86. The number of carbonyl (C=O) groups excluding carboxylic acids is 1. The molecule has 100 valence electrons. The van der Waals surface area contributed by atoms with Gasteiger partial charge in [-0.1, -0.05) is 13.8 Å². The first-order chi connectivity index (χ1) is 8.52. The summed E-state index contributed by atoms with van der Waals surface area (Å²) in [5.41, 5.74) is 0.682. The van der Waals surface area contributed by atoms with Crippen molar-refractivity contribution in [3.63, 3.8) is 0 Å². The SMILES string of the molecule is CSc1ccc(C(=O)NCC(Cl)CC(C)C)cc1. The zero-order valence-electron chi connectivity index (χ0n) is 11.1. The van der Waals surface area contributed by atoms with Crippen LogP contribution in [0.15, 0.2) is 29.2 Å². The summed E-state index contributed by atoms with van der Waals surface area (Å²) in [7, 11) is 0. The highest BCUT2D eigenvalue weighted by Crippen LogP contribution is 2.15. The highest BCUT2D eigenvalue weighted by Gasteiger charge is 2.10. The predicted molar refractivity (Wildman–Crippen MR) is 79.7 cm³/mol. The summed E-state index contributed by atoms with van der Waals surface area (Å²) in [6, 6.07) is 7.58. The molecule has 0 spiro atoms. The highest BCUT2D eigenvalue weighted by atomic mass is 35.5. The monoisotopic (exact) mass is 285 g/mol. The Morgan fingerprint density at radius 1 is 1.33 bits per heavy atom. The Bertz CT molecular complexity index is 378. The molecule has 18 heavy (non-hydrogen) atoms. The third-order valence-electron chi connectivity index (χ3n) is 2.56. The fourth-order valence-corrected chi connectivity index (χ4v) is 2.48. The highest BCUT2D eigenvalue weighted by molar-refractivity contribution is 7.98. The molecule has 1 unspecified atom stereocenters. The summed E-state index contributed by atoms with van der Waals surface area (Å²) in [6.07, 6.45) is 2.92. The number of benzene rings is 1. The number of rotatable bonds is 6. The Balaban J connectivity index is 2.44. The van der Waals surface area contributed by atoms with Crippen molar-refractivity contribution in [1.82, 2.24) is 5.32 Å². The topological polar surface area (TPSA) is 29.1 Å². The number of hydrogen-bond acceptors (Lipinski definition) is 2. The van der Waals surface area contributed by atoms with Crippen LogP contribution in [0.25, 0.3) is 0 Å². The zero-order chi connectivity index (χ0) is 13.5. The van der Waals surface area contributed by atoms with Gasteiger partial charge in [0, 0.05) is 17.0 Å². The first-order valence-corrected chi connectivity index (χ1v) is 7.75. The second-order valence-electron chi connectivity index (χ2n) is 4.67. The second-order valence-corrected chi connectivity index (χ2v) is 6.16. The van der Waals surface area contributed by atoms with Gasteiger partial charge in [0.05, 0.1) is 5.38 Å². The minimum absolute atomic E-state index is 0.000537. The van der Waals surface area contributed by atoms with Crippen LogP contribution in [0.3, 0.4) is 0 Å². The molecule has 1 atom stereocenters. The van der Waals surface area contributed by atoms with E-state index in [0.717, 1.165) is 11.3 Å². The van der Waals surface area contributed by atoms with Crippen LogP contribution in [0.4, 0.5) is 0 Å². The summed E-state index contributed by atoms with van der Waals surface area (Å²) in [6.45, 7) is 4.76. The minimum Gasteiger partial charge on any atom is -0.351 e. The lowest BCUT2D eigenvalue weighted by molar-refractivity contribution is 0.0953. The summed E-state index contributed by atoms with van der Waals surface area (Å²) < 4.78 is 0. The number of halogens is 1. The maximum absolute atomic E-state index is 11.9. The van der Waals surface area contributed by atoms with Crippen LogP contribution in [-0.2, 0) is 0 Å². The molecule has 1 rings (SSSR count). The average molecular weight is 286 g/mol. The molecule has 1 aromatic carbocycles. The molecule has 0 aliphatic carbocycles. The van der Waals surface area contributed by atoms with Crippen LogP contribution in [0.2, 0.25) is 0 Å². The quantitative estimate of drug-likeness (QED) is 0.636. The molecule has 0 saturated carbocycles. The van der Waals surface area contributed by atoms with Gasteiger partial charge in [-0.2, -0.15) is 0 Å². The molecule has 4 heteroatoms. The van der Waals surface area contributed by atoms with Crippen molar-refractivity contribution in [2.45, 2.75) is 30.5 Å². The van der Waals surface area contributed by atoms with Crippen molar-refractivity contribution in [2.24, 2.45) is 5.92 Å². The van der Waals surface area contributed by atoms with Crippen LogP contribution in [0.1, 0.15) is 30.6 Å². The van der Waals surface area contributed by atoms with E-state index in [1.807, 2.05) is 30.5 Å². The number of hydrogen-bond donors (Lipinski definition) is 1. The van der Waals surface area contributed by atoms with Crippen LogP contribution in [-0.4, -0.2) is 24.1 Å². The molecule has 2 nitrogen and oxygen atoms in total. The second kappa shape index (κ2) is 7.70. The van der Waals surface area contributed by atoms with E-state index in [9.17, 15) is 4.79 Å². The third kappa shape index (κ3) is 5.32. The molecule has 0 saturated heterocycles. The Morgan fingerprint density at radius 3 is 2.44 bits per heavy atom. The number of nitrogens with one attached hydrogen (secondary N) is 1. The molecule has 0 aliphatic heterocycles. The van der Waals surface area contributed by atoms with Crippen LogP contribution in [0, 0.1) is 5.92 Å². The van der Waals surface area contributed by atoms with E-state index >= 15 is 0 Å². The van der Waals surface area contributed by atoms with E-state index in [2.05, 4.69) is 19.2 Å². The van der Waals surface area contributed by atoms with Gasteiger partial charge in [-0.25, -0.2) is 0 Å². The Hall–Kier alpha value is -0.670. The summed E-state index contributed by atoms with van der Waals surface area (Å²) in [5.74, 6) is 0.488. The number of amides is 1. The maximum atomic E-state index is 11.9. The largest absolute Gasteiger partial charge is 0.351 e. The zero-order valence-corrected chi connectivity index (χ0v) is 12.6. The molecule has 0 aliphatic rings. The van der Waals surface area contributed by atoms with E-state index < -0.39 is 0 Å². The fourth-order valence-electron chi connectivity index (χ4n) is 1.64.